The summed E-state index contributed by atoms with van der Waals surface area (Å²) in [7, 11) is 3.87. The summed E-state index contributed by atoms with van der Waals surface area (Å²) in [6, 6.07) is 0. The first-order valence-corrected chi connectivity index (χ1v) is 3.10. The lowest BCUT2D eigenvalue weighted by molar-refractivity contribution is -0.456. The molecule has 0 aromatic carbocycles. The molecule has 0 atom stereocenters. The van der Waals surface area contributed by atoms with Crippen LogP contribution in [0.1, 0.15) is 6.92 Å². The molecule has 0 heterocycles. The molecule has 2 nitrogen and oxygen atoms in total. The molecule has 0 rings (SSSR count). The van der Waals surface area contributed by atoms with E-state index in [1.807, 2.05) is 31.7 Å². The monoisotopic (exact) mass is 199 g/mol. The Bertz CT molecular complexity index is 126. The van der Waals surface area contributed by atoms with Gasteiger partial charge in [0.15, 0.2) is 5.87 Å². The van der Waals surface area contributed by atoms with Crippen LogP contribution < -0.4 is 12.4 Å². The Morgan fingerprint density at radius 2 is 2.00 bits per heavy atom. The first-order valence-electron chi connectivity index (χ1n) is 3.10. The largest absolute Gasteiger partial charge is 1.00 e. The third kappa shape index (κ3) is 17.8. The molecule has 0 bridgehead atoms. The number of halogens is 2. The van der Waals surface area contributed by atoms with Gasteiger partial charge in [-0.25, -0.2) is 0 Å². The number of nitrogens with zero attached hydrogens (tertiary/aromatic N) is 1. The van der Waals surface area contributed by atoms with Crippen molar-refractivity contribution in [3.05, 3.63) is 6.08 Å². The van der Waals surface area contributed by atoms with E-state index in [1.54, 1.807) is 0 Å². The molecule has 4 heteroatoms. The fourth-order valence-corrected chi connectivity index (χ4v) is 0.397. The van der Waals surface area contributed by atoms with Crippen molar-refractivity contribution in [1.29, 1.82) is 0 Å². The zero-order valence-corrected chi connectivity index (χ0v) is 8.71. The molecule has 0 aromatic rings. The summed E-state index contributed by atoms with van der Waals surface area (Å²) in [5.74, 6) is 2.96. The number of hydrogen-bond donors (Lipinski definition) is 0. The van der Waals surface area contributed by atoms with Gasteiger partial charge in [0.25, 0.3) is 0 Å². The molecule has 0 aromatic heterocycles. The molecular formula is C7H15Cl2NO. The minimum atomic E-state index is 0. The SMILES string of the molecule is CCOCC=C=[N+](C)C.Cl.[Cl-]. The summed E-state index contributed by atoms with van der Waals surface area (Å²) >= 11 is 0. The highest BCUT2D eigenvalue weighted by Gasteiger charge is 1.76. The van der Waals surface area contributed by atoms with E-state index in [2.05, 4.69) is 5.87 Å². The van der Waals surface area contributed by atoms with Gasteiger partial charge in [0.05, 0.1) is 6.61 Å². The highest BCUT2D eigenvalue weighted by atomic mass is 35.5. The molecule has 0 spiro atoms. The Balaban J connectivity index is -0.000000320. The summed E-state index contributed by atoms with van der Waals surface area (Å²) in [4.78, 5) is 0. The third-order valence-corrected chi connectivity index (χ3v) is 0.755. The summed E-state index contributed by atoms with van der Waals surface area (Å²) in [5, 5.41) is 0. The van der Waals surface area contributed by atoms with Gasteiger partial charge in [-0.1, -0.05) is 0 Å². The topological polar surface area (TPSA) is 12.2 Å². The highest BCUT2D eigenvalue weighted by molar-refractivity contribution is 5.85. The minimum Gasteiger partial charge on any atom is -1.00 e. The average molecular weight is 200 g/mol. The molecule has 11 heavy (non-hydrogen) atoms. The fraction of sp³-hybridized carbons (Fsp3) is 0.714. The van der Waals surface area contributed by atoms with Crippen LogP contribution in [0, 0.1) is 0 Å². The van der Waals surface area contributed by atoms with Crippen LogP contribution >= 0.6 is 12.4 Å². The van der Waals surface area contributed by atoms with E-state index >= 15 is 0 Å². The van der Waals surface area contributed by atoms with Crippen molar-refractivity contribution < 1.29 is 21.7 Å². The average Bonchev–Trinajstić information content (AvgIpc) is 1.80. The van der Waals surface area contributed by atoms with E-state index < -0.39 is 0 Å². The van der Waals surface area contributed by atoms with Gasteiger partial charge in [-0.2, -0.15) is 4.58 Å². The number of hydrogen-bond acceptors (Lipinski definition) is 1. The second-order valence-electron chi connectivity index (χ2n) is 1.89. The minimum absolute atomic E-state index is 0. The molecular weight excluding hydrogens is 185 g/mol. The van der Waals surface area contributed by atoms with Crippen LogP contribution in [0.4, 0.5) is 0 Å². The van der Waals surface area contributed by atoms with Gasteiger partial charge in [0, 0.05) is 12.7 Å². The Labute approximate surface area is 80.8 Å². The lowest BCUT2D eigenvalue weighted by Gasteiger charge is -1.87. The summed E-state index contributed by atoms with van der Waals surface area (Å²) in [6.45, 7) is 3.41. The molecule has 0 saturated heterocycles. The first kappa shape index (κ1) is 17.2. The molecule has 0 aliphatic rings. The van der Waals surface area contributed by atoms with Crippen molar-refractivity contribution in [1.82, 2.24) is 0 Å². The van der Waals surface area contributed by atoms with E-state index in [-0.39, 0.29) is 24.8 Å². The van der Waals surface area contributed by atoms with Gasteiger partial charge in [0.2, 0.25) is 0 Å². The van der Waals surface area contributed by atoms with Gasteiger partial charge in [-0.15, -0.1) is 12.4 Å². The second-order valence-corrected chi connectivity index (χ2v) is 1.89. The summed E-state index contributed by atoms with van der Waals surface area (Å²) in [6.07, 6.45) is 1.86. The van der Waals surface area contributed by atoms with E-state index in [0.717, 1.165) is 6.61 Å². The molecule has 0 radical (unpaired) electrons. The zero-order chi connectivity index (χ0) is 7.11. The van der Waals surface area contributed by atoms with Crippen molar-refractivity contribution in [3.63, 3.8) is 0 Å². The second kappa shape index (κ2) is 12.6. The Kier molecular flexibility index (Phi) is 19.8. The van der Waals surface area contributed by atoms with E-state index in [0.29, 0.717) is 6.61 Å². The number of rotatable bonds is 3. The predicted molar refractivity (Wildman–Crippen MR) is 45.4 cm³/mol. The maximum absolute atomic E-state index is 5.04. The lowest BCUT2D eigenvalue weighted by atomic mass is 10.6. The van der Waals surface area contributed by atoms with Gasteiger partial charge in [-0.05, 0) is 6.92 Å². The lowest BCUT2D eigenvalue weighted by Crippen LogP contribution is -3.00. The normalized spacial score (nSPS) is 6.82. The maximum Gasteiger partial charge on any atom is 0.164 e. The first-order chi connectivity index (χ1) is 4.27. The maximum atomic E-state index is 5.04. The Morgan fingerprint density at radius 3 is 2.36 bits per heavy atom. The van der Waals surface area contributed by atoms with Crippen molar-refractivity contribution in [2.45, 2.75) is 6.92 Å². The summed E-state index contributed by atoms with van der Waals surface area (Å²) < 4.78 is 6.90. The fourth-order valence-electron chi connectivity index (χ4n) is 0.397. The van der Waals surface area contributed by atoms with Crippen LogP contribution in [0.3, 0.4) is 0 Å². The van der Waals surface area contributed by atoms with Crippen LogP contribution in [-0.2, 0) is 4.74 Å². The van der Waals surface area contributed by atoms with E-state index in [9.17, 15) is 0 Å². The molecule has 0 amide bonds. The molecule has 0 aliphatic heterocycles. The van der Waals surface area contributed by atoms with Crippen LogP contribution in [0.25, 0.3) is 0 Å². The Morgan fingerprint density at radius 1 is 1.45 bits per heavy atom. The molecule has 0 N–H and O–H groups in total. The standard InChI is InChI=1S/C7H14NO.2ClH/c1-4-9-7-5-6-8(2)3;;/h5H,4,7H2,1-3H3;2*1H/q+1;;/p-1. The van der Waals surface area contributed by atoms with Crippen LogP contribution in [0.5, 0.6) is 0 Å². The molecule has 0 saturated carbocycles. The van der Waals surface area contributed by atoms with E-state index in [4.69, 9.17) is 4.74 Å². The van der Waals surface area contributed by atoms with E-state index in [1.165, 1.54) is 0 Å². The molecule has 0 unspecified atom stereocenters. The van der Waals surface area contributed by atoms with Crippen molar-refractivity contribution in [2.75, 3.05) is 27.3 Å². The molecule has 68 valence electrons. The van der Waals surface area contributed by atoms with Crippen LogP contribution in [-0.4, -0.2) is 37.8 Å². The predicted octanol–water partition coefficient (Wildman–Crippen LogP) is -2.05. The van der Waals surface area contributed by atoms with Gasteiger partial charge < -0.3 is 17.1 Å². The van der Waals surface area contributed by atoms with Crippen LogP contribution in [0.2, 0.25) is 0 Å². The number of ether oxygens (including phenoxy) is 1. The van der Waals surface area contributed by atoms with Crippen molar-refractivity contribution in [2.24, 2.45) is 0 Å². The zero-order valence-electron chi connectivity index (χ0n) is 7.13. The molecule has 0 fully saturated rings. The van der Waals surface area contributed by atoms with Crippen molar-refractivity contribution >= 4 is 18.3 Å². The molecule has 0 aliphatic carbocycles. The smallest absolute Gasteiger partial charge is 0.164 e. The van der Waals surface area contributed by atoms with Gasteiger partial charge in [-0.3, -0.25) is 0 Å². The van der Waals surface area contributed by atoms with Gasteiger partial charge >= 0.3 is 0 Å². The Hall–Kier alpha value is -0.0100. The van der Waals surface area contributed by atoms with Crippen LogP contribution in [0.15, 0.2) is 6.08 Å². The highest BCUT2D eigenvalue weighted by Crippen LogP contribution is 1.69. The van der Waals surface area contributed by atoms with Crippen molar-refractivity contribution in [3.8, 4) is 0 Å². The summed E-state index contributed by atoms with van der Waals surface area (Å²) in [5.41, 5.74) is 0. The van der Waals surface area contributed by atoms with Gasteiger partial charge in [0.1, 0.15) is 14.1 Å². The third-order valence-electron chi connectivity index (χ3n) is 0.755. The quantitative estimate of drug-likeness (QED) is 0.290.